The normalized spacial score (nSPS) is 9.25. The van der Waals surface area contributed by atoms with Gasteiger partial charge in [0.15, 0.2) is 0 Å². The molecule has 0 aliphatic heterocycles. The Kier molecular flexibility index (Phi) is 7.70. The van der Waals surface area contributed by atoms with E-state index in [1.54, 1.807) is 6.92 Å². The molecule has 0 rings (SSSR count). The molecule has 0 heterocycles. The van der Waals surface area contributed by atoms with Crippen LogP contribution in [-0.2, 0) is 19.7 Å². The summed E-state index contributed by atoms with van der Waals surface area (Å²) >= 11 is 0. The highest BCUT2D eigenvalue weighted by atomic mass is 32.2. The minimum Gasteiger partial charge on any atom is -0.463 e. The molecule has 0 amide bonds. The summed E-state index contributed by atoms with van der Waals surface area (Å²) < 4.78 is 22.8. The zero-order valence-electron chi connectivity index (χ0n) is 6.69. The van der Waals surface area contributed by atoms with Crippen molar-refractivity contribution in [1.82, 2.24) is 0 Å². The molecule has 0 aromatic heterocycles. The molecule has 0 atom stereocenters. The third-order valence-electron chi connectivity index (χ3n) is 0.453. The molecule has 7 heteroatoms. The molecule has 0 saturated heterocycles. The Morgan fingerprint density at radius 1 is 1.58 bits per heavy atom. The van der Waals surface area contributed by atoms with Crippen molar-refractivity contribution in [3.63, 3.8) is 0 Å². The minimum absolute atomic E-state index is 0.359. The maximum Gasteiger partial charge on any atom is 0.330 e. The average molecular weight is 196 g/mol. The van der Waals surface area contributed by atoms with Crippen LogP contribution in [0.5, 0.6) is 0 Å². The van der Waals surface area contributed by atoms with Crippen molar-refractivity contribution in [1.29, 1.82) is 0 Å². The van der Waals surface area contributed by atoms with E-state index >= 15 is 0 Å². The summed E-state index contributed by atoms with van der Waals surface area (Å²) in [5, 5.41) is 8.21. The summed E-state index contributed by atoms with van der Waals surface area (Å²) in [6.07, 6.45) is 1.14. The van der Waals surface area contributed by atoms with Crippen LogP contribution in [0.3, 0.4) is 0 Å². The summed E-state index contributed by atoms with van der Waals surface area (Å²) in [6.45, 7) is 5.38. The lowest BCUT2D eigenvalue weighted by Gasteiger charge is -1.90. The largest absolute Gasteiger partial charge is 0.463 e. The third kappa shape index (κ3) is 35.6. The number of nitrogens with two attached hydrogens (primary N) is 2. The van der Waals surface area contributed by atoms with Gasteiger partial charge in [-0.05, 0) is 6.92 Å². The summed E-state index contributed by atoms with van der Waals surface area (Å²) in [4.78, 5) is 10.1. The van der Waals surface area contributed by atoms with E-state index in [9.17, 15) is 13.2 Å². The van der Waals surface area contributed by atoms with E-state index in [4.69, 9.17) is 0 Å². The van der Waals surface area contributed by atoms with Gasteiger partial charge in [0, 0.05) is 6.08 Å². The van der Waals surface area contributed by atoms with Gasteiger partial charge < -0.3 is 4.74 Å². The van der Waals surface area contributed by atoms with Gasteiger partial charge in [-0.25, -0.2) is 15.1 Å². The second kappa shape index (κ2) is 6.77. The van der Waals surface area contributed by atoms with Crippen LogP contribution in [0.1, 0.15) is 6.92 Å². The van der Waals surface area contributed by atoms with E-state index in [0.717, 1.165) is 6.08 Å². The highest BCUT2D eigenvalue weighted by molar-refractivity contribution is 7.86. The number of hydrogen-bond donors (Lipinski definition) is 2. The van der Waals surface area contributed by atoms with E-state index in [1.807, 2.05) is 0 Å². The standard InChI is InChI=1S/C5H8O2.H4N2O2S/c1-3-5(6)7-4-2;1-5(2,3)4/h3H,1,4H2,2H3;(H4,1,2,3,4). The van der Waals surface area contributed by atoms with Gasteiger partial charge in [0.05, 0.1) is 6.61 Å². The third-order valence-corrected chi connectivity index (χ3v) is 0.453. The van der Waals surface area contributed by atoms with Crippen molar-refractivity contribution in [2.45, 2.75) is 6.92 Å². The van der Waals surface area contributed by atoms with Crippen molar-refractivity contribution >= 4 is 16.2 Å². The second-order valence-corrected chi connectivity index (χ2v) is 2.72. The van der Waals surface area contributed by atoms with E-state index in [-0.39, 0.29) is 5.97 Å². The van der Waals surface area contributed by atoms with Gasteiger partial charge in [0.2, 0.25) is 0 Å². The molecule has 0 saturated carbocycles. The van der Waals surface area contributed by atoms with Crippen LogP contribution in [0.15, 0.2) is 12.7 Å². The Morgan fingerprint density at radius 3 is 2.00 bits per heavy atom. The van der Waals surface area contributed by atoms with Crippen LogP contribution in [0.2, 0.25) is 0 Å². The Morgan fingerprint density at radius 2 is 1.92 bits per heavy atom. The Labute approximate surface area is 71.4 Å². The molecular weight excluding hydrogens is 184 g/mol. The van der Waals surface area contributed by atoms with Gasteiger partial charge in [-0.15, -0.1) is 0 Å². The second-order valence-electron chi connectivity index (χ2n) is 1.55. The summed E-state index contributed by atoms with van der Waals surface area (Å²) in [7, 11) is -3.67. The minimum atomic E-state index is -3.67. The molecule has 0 aromatic rings. The maximum absolute atomic E-state index is 10.1. The van der Waals surface area contributed by atoms with Gasteiger partial charge in [0.1, 0.15) is 0 Å². The van der Waals surface area contributed by atoms with Crippen molar-refractivity contribution < 1.29 is 17.9 Å². The van der Waals surface area contributed by atoms with Gasteiger partial charge >= 0.3 is 5.97 Å². The Bertz CT molecular complexity index is 226. The molecular formula is C5H12N2O4S. The number of carbonyl (C=O) groups is 1. The fraction of sp³-hybridized carbons (Fsp3) is 0.400. The lowest BCUT2D eigenvalue weighted by molar-refractivity contribution is -0.137. The molecule has 0 radical (unpaired) electrons. The predicted molar refractivity (Wildman–Crippen MR) is 44.1 cm³/mol. The number of carbonyl (C=O) groups excluding carboxylic acids is 1. The fourth-order valence-electron chi connectivity index (χ4n) is 0.201. The van der Waals surface area contributed by atoms with Gasteiger partial charge in [-0.3, -0.25) is 0 Å². The zero-order chi connectivity index (χ0) is 10.2. The summed E-state index contributed by atoms with van der Waals surface area (Å²) in [5.74, 6) is -0.359. The molecule has 72 valence electrons. The number of ether oxygens (including phenoxy) is 1. The molecule has 0 aliphatic carbocycles. The first-order valence-electron chi connectivity index (χ1n) is 2.91. The average Bonchev–Trinajstić information content (AvgIpc) is 1.85. The van der Waals surface area contributed by atoms with Gasteiger partial charge in [0.25, 0.3) is 10.2 Å². The van der Waals surface area contributed by atoms with Crippen LogP contribution in [0.25, 0.3) is 0 Å². The lowest BCUT2D eigenvalue weighted by atomic mass is 10.6. The topological polar surface area (TPSA) is 112 Å². The van der Waals surface area contributed by atoms with Crippen LogP contribution < -0.4 is 10.3 Å². The van der Waals surface area contributed by atoms with Crippen LogP contribution in [0.4, 0.5) is 0 Å². The number of esters is 1. The molecule has 0 bridgehead atoms. The van der Waals surface area contributed by atoms with E-state index in [0.29, 0.717) is 6.61 Å². The first-order valence-corrected chi connectivity index (χ1v) is 4.52. The molecule has 0 aromatic carbocycles. The maximum atomic E-state index is 10.1. The fourth-order valence-corrected chi connectivity index (χ4v) is 0.201. The predicted octanol–water partition coefficient (Wildman–Crippen LogP) is -1.12. The lowest BCUT2D eigenvalue weighted by Crippen LogP contribution is -2.21. The first kappa shape index (κ1) is 13.7. The van der Waals surface area contributed by atoms with Crippen molar-refractivity contribution in [3.8, 4) is 0 Å². The summed E-state index contributed by atoms with van der Waals surface area (Å²) in [5.41, 5.74) is 0. The van der Waals surface area contributed by atoms with Crippen LogP contribution in [-0.4, -0.2) is 21.0 Å². The monoisotopic (exact) mass is 196 g/mol. The molecule has 0 fully saturated rings. The molecule has 4 N–H and O–H groups in total. The van der Waals surface area contributed by atoms with E-state index in [1.165, 1.54) is 0 Å². The van der Waals surface area contributed by atoms with E-state index in [2.05, 4.69) is 21.6 Å². The highest BCUT2D eigenvalue weighted by Crippen LogP contribution is 1.74. The molecule has 0 unspecified atom stereocenters. The first-order chi connectivity index (χ1) is 5.31. The number of hydrogen-bond acceptors (Lipinski definition) is 4. The van der Waals surface area contributed by atoms with Crippen LogP contribution >= 0.6 is 0 Å². The van der Waals surface area contributed by atoms with E-state index < -0.39 is 10.2 Å². The molecule has 0 aliphatic rings. The quantitative estimate of drug-likeness (QED) is 0.430. The van der Waals surface area contributed by atoms with Crippen molar-refractivity contribution in [2.24, 2.45) is 10.3 Å². The SMILES string of the molecule is C=CC(=O)OCC.NS(N)(=O)=O. The van der Waals surface area contributed by atoms with Gasteiger partial charge in [-0.2, -0.15) is 8.42 Å². The Hall–Kier alpha value is -0.920. The van der Waals surface area contributed by atoms with Crippen LogP contribution in [0, 0.1) is 0 Å². The van der Waals surface area contributed by atoms with Crippen molar-refractivity contribution in [3.05, 3.63) is 12.7 Å². The molecule has 6 nitrogen and oxygen atoms in total. The zero-order valence-corrected chi connectivity index (χ0v) is 7.50. The molecule has 12 heavy (non-hydrogen) atoms. The number of rotatable bonds is 2. The highest BCUT2D eigenvalue weighted by Gasteiger charge is 1.86. The Balaban J connectivity index is 0. The van der Waals surface area contributed by atoms with Gasteiger partial charge in [-0.1, -0.05) is 6.58 Å². The van der Waals surface area contributed by atoms with Crippen molar-refractivity contribution in [2.75, 3.05) is 6.61 Å². The molecule has 0 spiro atoms. The summed E-state index contributed by atoms with van der Waals surface area (Å²) in [6, 6.07) is 0. The smallest absolute Gasteiger partial charge is 0.330 e.